The molecule has 2 aromatic rings. The van der Waals surface area contributed by atoms with Crippen LogP contribution >= 0.6 is 0 Å². The normalized spacial score (nSPS) is 10.0. The highest BCUT2D eigenvalue weighted by Gasteiger charge is 2.22. The summed E-state index contributed by atoms with van der Waals surface area (Å²) in [5.74, 6) is -2.42. The number of benzene rings is 2. The molecule has 0 saturated carbocycles. The monoisotopic (exact) mass is 417 g/mol. The second kappa shape index (κ2) is 10.5. The molecule has 0 aromatic heterocycles. The van der Waals surface area contributed by atoms with Gasteiger partial charge >= 0.3 is 24.2 Å². The summed E-state index contributed by atoms with van der Waals surface area (Å²) >= 11 is 0. The van der Waals surface area contributed by atoms with Crippen molar-refractivity contribution in [1.82, 2.24) is 5.32 Å². The molecule has 2 aromatic carbocycles. The van der Waals surface area contributed by atoms with Gasteiger partial charge in [-0.3, -0.25) is 0 Å². The predicted molar refractivity (Wildman–Crippen MR) is 101 cm³/mol. The minimum atomic E-state index is -1.10. The number of carbonyl (C=O) groups excluding carboxylic acids is 4. The molecule has 0 fully saturated rings. The number of ether oxygens (including phenoxy) is 3. The fourth-order valence-electron chi connectivity index (χ4n) is 2.07. The summed E-state index contributed by atoms with van der Waals surface area (Å²) in [7, 11) is 1.35. The summed E-state index contributed by atoms with van der Waals surface area (Å²) < 4.78 is 14.8. The van der Waals surface area contributed by atoms with Crippen molar-refractivity contribution >= 4 is 24.2 Å². The lowest BCUT2D eigenvalue weighted by molar-refractivity contribution is -0.187. The van der Waals surface area contributed by atoms with Crippen molar-refractivity contribution in [3.05, 3.63) is 59.7 Å². The van der Waals surface area contributed by atoms with Crippen LogP contribution < -0.4 is 14.8 Å². The Morgan fingerprint density at radius 3 is 1.70 bits per heavy atom. The molecule has 0 saturated heterocycles. The van der Waals surface area contributed by atoms with Crippen LogP contribution in [-0.4, -0.2) is 37.3 Å². The molecule has 1 amide bonds. The fourth-order valence-corrected chi connectivity index (χ4v) is 2.07. The number of rotatable bonds is 5. The number of nitrogens with one attached hydrogen (secondary N) is 1. The van der Waals surface area contributed by atoms with Gasteiger partial charge in [0.15, 0.2) is 0 Å². The van der Waals surface area contributed by atoms with Crippen molar-refractivity contribution in [2.75, 3.05) is 7.05 Å². The van der Waals surface area contributed by atoms with Gasteiger partial charge < -0.3 is 19.5 Å². The molecule has 30 heavy (non-hydrogen) atoms. The van der Waals surface area contributed by atoms with Gasteiger partial charge in [0.2, 0.25) is 0 Å². The van der Waals surface area contributed by atoms with Crippen LogP contribution in [0.25, 0.3) is 0 Å². The van der Waals surface area contributed by atoms with Gasteiger partial charge in [-0.1, -0.05) is 24.3 Å². The maximum Gasteiger partial charge on any atom is 0.514 e. The lowest BCUT2D eigenvalue weighted by Gasteiger charge is -2.11. The third-order valence-corrected chi connectivity index (χ3v) is 3.34. The van der Waals surface area contributed by atoms with Crippen molar-refractivity contribution in [1.29, 1.82) is 0 Å². The Morgan fingerprint density at radius 2 is 1.23 bits per heavy atom. The number of para-hydroxylation sites is 2. The molecular weight excluding hydrogens is 398 g/mol. The molecule has 158 valence electrons. The Morgan fingerprint density at radius 1 is 0.767 bits per heavy atom. The van der Waals surface area contributed by atoms with Crippen molar-refractivity contribution in [3.63, 3.8) is 0 Å². The Bertz CT molecular complexity index is 939. The number of amides is 1. The van der Waals surface area contributed by atoms with Crippen LogP contribution in [0.5, 0.6) is 11.5 Å². The topological polar surface area (TPSA) is 126 Å². The van der Waals surface area contributed by atoms with Crippen LogP contribution in [0.15, 0.2) is 48.5 Å². The van der Waals surface area contributed by atoms with E-state index in [0.29, 0.717) is 0 Å². The Balaban J connectivity index is 2.07. The maximum absolute atomic E-state index is 12.3. The van der Waals surface area contributed by atoms with Crippen molar-refractivity contribution in [2.45, 2.75) is 20.0 Å². The van der Waals surface area contributed by atoms with Gasteiger partial charge in [0.05, 0.1) is 6.10 Å². The summed E-state index contributed by atoms with van der Waals surface area (Å²) in [6.45, 7) is 3.26. The van der Waals surface area contributed by atoms with Gasteiger partial charge in [-0.05, 0) is 38.1 Å². The molecule has 0 atom stereocenters. The van der Waals surface area contributed by atoms with Crippen LogP contribution in [0, 0.1) is 0 Å². The van der Waals surface area contributed by atoms with Crippen LogP contribution in [0.2, 0.25) is 0 Å². The van der Waals surface area contributed by atoms with Crippen LogP contribution in [0.1, 0.15) is 34.6 Å². The van der Waals surface area contributed by atoms with Gasteiger partial charge in [-0.2, -0.15) is 0 Å². The lowest BCUT2D eigenvalue weighted by Crippen LogP contribution is -2.23. The molecule has 10 heteroatoms. The van der Waals surface area contributed by atoms with E-state index in [0.717, 1.165) is 0 Å². The average molecular weight is 417 g/mol. The van der Waals surface area contributed by atoms with Gasteiger partial charge in [0.1, 0.15) is 22.6 Å². The number of carbonyl (C=O) groups is 4. The van der Waals surface area contributed by atoms with E-state index in [1.807, 2.05) is 0 Å². The van der Waals surface area contributed by atoms with Crippen molar-refractivity contribution < 1.29 is 43.2 Å². The Labute approximate surface area is 171 Å². The zero-order valence-corrected chi connectivity index (χ0v) is 16.4. The van der Waals surface area contributed by atoms with Gasteiger partial charge in [-0.15, -0.1) is 0 Å². The van der Waals surface area contributed by atoms with Crippen LogP contribution in [0.4, 0.5) is 9.59 Å². The largest absolute Gasteiger partial charge is 0.514 e. The van der Waals surface area contributed by atoms with E-state index < -0.39 is 30.3 Å². The average Bonchev–Trinajstić information content (AvgIpc) is 2.71. The van der Waals surface area contributed by atoms with Gasteiger partial charge in [-0.25, -0.2) is 29.0 Å². The summed E-state index contributed by atoms with van der Waals surface area (Å²) in [4.78, 5) is 56.7. The summed E-state index contributed by atoms with van der Waals surface area (Å²) in [5, 5.41) is 2.23. The molecule has 0 radical (unpaired) electrons. The summed E-state index contributed by atoms with van der Waals surface area (Å²) in [5.41, 5.74) is -0.333. The molecular formula is C20H19NO9. The van der Waals surface area contributed by atoms with Crippen LogP contribution in [-0.2, 0) is 14.5 Å². The lowest BCUT2D eigenvalue weighted by atomic mass is 10.2. The van der Waals surface area contributed by atoms with Gasteiger partial charge in [0.25, 0.3) is 0 Å². The smallest absolute Gasteiger partial charge is 0.431 e. The highest BCUT2D eigenvalue weighted by Crippen LogP contribution is 2.22. The molecule has 0 aliphatic rings. The molecule has 0 heterocycles. The first-order valence-corrected chi connectivity index (χ1v) is 8.71. The molecule has 2 rings (SSSR count). The maximum atomic E-state index is 12.3. The van der Waals surface area contributed by atoms with E-state index in [-0.39, 0.29) is 22.6 Å². The summed E-state index contributed by atoms with van der Waals surface area (Å²) in [6, 6.07) is 11.4. The third kappa shape index (κ3) is 6.23. The number of hydrogen-bond donors (Lipinski definition) is 1. The first kappa shape index (κ1) is 22.2. The first-order valence-electron chi connectivity index (χ1n) is 8.71. The fraction of sp³-hybridized carbons (Fsp3) is 0.200. The molecule has 0 bridgehead atoms. The highest BCUT2D eigenvalue weighted by molar-refractivity contribution is 5.96. The molecule has 10 nitrogen and oxygen atoms in total. The van der Waals surface area contributed by atoms with E-state index in [2.05, 4.69) is 15.1 Å². The van der Waals surface area contributed by atoms with Gasteiger partial charge in [0, 0.05) is 7.05 Å². The van der Waals surface area contributed by atoms with E-state index in [4.69, 9.17) is 14.2 Å². The van der Waals surface area contributed by atoms with E-state index >= 15 is 0 Å². The first-order chi connectivity index (χ1) is 14.3. The number of hydrogen-bond acceptors (Lipinski definition) is 9. The Hall–Kier alpha value is -4.08. The van der Waals surface area contributed by atoms with Crippen LogP contribution in [0.3, 0.4) is 0 Å². The van der Waals surface area contributed by atoms with Crippen molar-refractivity contribution in [2.24, 2.45) is 0 Å². The van der Waals surface area contributed by atoms with E-state index in [9.17, 15) is 19.2 Å². The Kier molecular flexibility index (Phi) is 7.74. The van der Waals surface area contributed by atoms with E-state index in [1.165, 1.54) is 55.6 Å². The minimum absolute atomic E-state index is 0.0990. The molecule has 0 aliphatic carbocycles. The quantitative estimate of drug-likeness (QED) is 0.337. The predicted octanol–water partition coefficient (Wildman–Crippen LogP) is 3.26. The second-order valence-electron chi connectivity index (χ2n) is 5.89. The third-order valence-electron chi connectivity index (χ3n) is 3.34. The second-order valence-corrected chi connectivity index (χ2v) is 5.89. The SMILES string of the molecule is CNC(=O)Oc1ccccc1C(=O)OOC(=O)c1ccccc1OC(=O)OC(C)C. The standard InChI is InChI=1S/C20H19NO9/c1-12(2)26-20(25)28-16-11-7-5-9-14(16)18(23)30-29-17(22)13-8-4-6-10-15(13)27-19(24)21-3/h4-12H,1-3H3,(H,21,24). The molecule has 1 N–H and O–H groups in total. The highest BCUT2D eigenvalue weighted by atomic mass is 17.2. The molecule has 0 unspecified atom stereocenters. The zero-order chi connectivity index (χ0) is 22.1. The summed E-state index contributed by atoms with van der Waals surface area (Å²) in [6.07, 6.45) is -2.23. The van der Waals surface area contributed by atoms with E-state index in [1.54, 1.807) is 13.8 Å². The molecule has 0 spiro atoms. The molecule has 0 aliphatic heterocycles. The minimum Gasteiger partial charge on any atom is -0.431 e. The van der Waals surface area contributed by atoms with Crippen molar-refractivity contribution in [3.8, 4) is 11.5 Å². The zero-order valence-electron chi connectivity index (χ0n) is 16.4.